The van der Waals surface area contributed by atoms with Gasteiger partial charge in [-0.05, 0) is 42.5 Å². The van der Waals surface area contributed by atoms with Crippen molar-refractivity contribution in [3.8, 4) is 5.75 Å². The minimum Gasteiger partial charge on any atom is -0.497 e. The third-order valence-corrected chi connectivity index (χ3v) is 4.59. The van der Waals surface area contributed by atoms with E-state index in [1.54, 1.807) is 42.5 Å². The molecule has 1 aromatic heterocycles. The largest absolute Gasteiger partial charge is 0.497 e. The molecule has 0 aliphatic heterocycles. The zero-order valence-electron chi connectivity index (χ0n) is 15.7. The van der Waals surface area contributed by atoms with E-state index in [9.17, 15) is 14.4 Å². The summed E-state index contributed by atoms with van der Waals surface area (Å²) in [7, 11) is 1.54. The normalized spacial score (nSPS) is 10.7. The number of fused-ring (bicyclic) bond motifs is 1. The van der Waals surface area contributed by atoms with E-state index in [-0.39, 0.29) is 31.0 Å². The van der Waals surface area contributed by atoms with Crippen LogP contribution in [0.25, 0.3) is 10.9 Å². The SMILES string of the molecule is COc1ccc(N(CCC(N)=O)C(=O)Cn2cnc3cc(Cl)ccc3c2=O)cc1. The fourth-order valence-corrected chi connectivity index (χ4v) is 3.02. The average molecular weight is 415 g/mol. The molecule has 0 bridgehead atoms. The number of ether oxygens (including phenoxy) is 1. The van der Waals surface area contributed by atoms with Crippen molar-refractivity contribution in [1.82, 2.24) is 9.55 Å². The van der Waals surface area contributed by atoms with E-state index in [1.807, 2.05) is 0 Å². The molecule has 0 atom stereocenters. The number of primary amides is 1. The molecule has 9 heteroatoms. The van der Waals surface area contributed by atoms with Gasteiger partial charge in [0.25, 0.3) is 5.56 Å². The number of hydrogen-bond donors (Lipinski definition) is 1. The minimum absolute atomic E-state index is 0.0128. The van der Waals surface area contributed by atoms with Crippen LogP contribution in [-0.2, 0) is 16.1 Å². The molecule has 0 radical (unpaired) electrons. The molecular formula is C20H19ClN4O4. The number of amides is 2. The highest BCUT2D eigenvalue weighted by atomic mass is 35.5. The Bertz CT molecular complexity index is 1110. The molecule has 8 nitrogen and oxygen atoms in total. The van der Waals surface area contributed by atoms with Gasteiger partial charge in [-0.2, -0.15) is 0 Å². The Balaban J connectivity index is 1.90. The summed E-state index contributed by atoms with van der Waals surface area (Å²) in [6.45, 7) is -0.152. The summed E-state index contributed by atoms with van der Waals surface area (Å²) in [4.78, 5) is 42.5. The maximum absolute atomic E-state index is 13.0. The van der Waals surface area contributed by atoms with Gasteiger partial charge in [0, 0.05) is 23.7 Å². The van der Waals surface area contributed by atoms with E-state index in [4.69, 9.17) is 22.1 Å². The maximum Gasteiger partial charge on any atom is 0.261 e. The molecule has 2 amide bonds. The molecule has 0 unspecified atom stereocenters. The number of halogens is 1. The molecule has 0 spiro atoms. The van der Waals surface area contributed by atoms with Gasteiger partial charge in [0.2, 0.25) is 11.8 Å². The van der Waals surface area contributed by atoms with Crippen molar-refractivity contribution in [1.29, 1.82) is 0 Å². The first-order valence-corrected chi connectivity index (χ1v) is 9.14. The summed E-state index contributed by atoms with van der Waals surface area (Å²) >= 11 is 5.93. The first-order valence-electron chi connectivity index (χ1n) is 8.76. The Kier molecular flexibility index (Phi) is 6.13. The Morgan fingerprint density at radius 1 is 1.21 bits per heavy atom. The molecule has 2 aromatic carbocycles. The Morgan fingerprint density at radius 3 is 2.59 bits per heavy atom. The number of carbonyl (C=O) groups is 2. The predicted molar refractivity (Wildman–Crippen MR) is 110 cm³/mol. The third-order valence-electron chi connectivity index (χ3n) is 4.36. The van der Waals surface area contributed by atoms with Gasteiger partial charge in [0.05, 0.1) is 24.3 Å². The predicted octanol–water partition coefficient (Wildman–Crippen LogP) is 1.97. The molecule has 0 fully saturated rings. The Hall–Kier alpha value is -3.39. The van der Waals surface area contributed by atoms with E-state index < -0.39 is 5.91 Å². The van der Waals surface area contributed by atoms with Crippen molar-refractivity contribution in [2.45, 2.75) is 13.0 Å². The first-order chi connectivity index (χ1) is 13.9. The van der Waals surface area contributed by atoms with Crippen LogP contribution in [0.3, 0.4) is 0 Å². The smallest absolute Gasteiger partial charge is 0.261 e. The van der Waals surface area contributed by atoms with Gasteiger partial charge in [0.1, 0.15) is 12.3 Å². The number of nitrogens with two attached hydrogens (primary N) is 1. The third kappa shape index (κ3) is 4.72. The standard InChI is InChI=1S/C20H19ClN4O4/c1-29-15-5-3-14(4-6-15)25(9-8-18(22)26)19(27)11-24-12-23-17-10-13(21)2-7-16(17)20(24)28/h2-7,10,12H,8-9,11H2,1H3,(H2,22,26). The molecule has 0 saturated carbocycles. The lowest BCUT2D eigenvalue weighted by Crippen LogP contribution is -2.38. The van der Waals surface area contributed by atoms with Crippen molar-refractivity contribution in [3.63, 3.8) is 0 Å². The van der Waals surface area contributed by atoms with Gasteiger partial charge >= 0.3 is 0 Å². The summed E-state index contributed by atoms with van der Waals surface area (Å²) in [6, 6.07) is 11.5. The maximum atomic E-state index is 13.0. The van der Waals surface area contributed by atoms with Crippen molar-refractivity contribution < 1.29 is 14.3 Å². The van der Waals surface area contributed by atoms with E-state index in [2.05, 4.69) is 4.98 Å². The summed E-state index contributed by atoms with van der Waals surface area (Å²) in [5, 5.41) is 0.827. The van der Waals surface area contributed by atoms with Crippen LogP contribution in [0, 0.1) is 0 Å². The molecule has 3 rings (SSSR count). The zero-order valence-corrected chi connectivity index (χ0v) is 16.4. The highest BCUT2D eigenvalue weighted by Crippen LogP contribution is 2.20. The highest BCUT2D eigenvalue weighted by molar-refractivity contribution is 6.31. The van der Waals surface area contributed by atoms with Crippen LogP contribution in [0.1, 0.15) is 6.42 Å². The van der Waals surface area contributed by atoms with Crippen molar-refractivity contribution in [3.05, 3.63) is 64.2 Å². The van der Waals surface area contributed by atoms with Crippen molar-refractivity contribution in [2.75, 3.05) is 18.6 Å². The second-order valence-electron chi connectivity index (χ2n) is 6.30. The van der Waals surface area contributed by atoms with Gasteiger partial charge in [0.15, 0.2) is 0 Å². The summed E-state index contributed by atoms with van der Waals surface area (Å²) < 4.78 is 6.35. The fraction of sp³-hybridized carbons (Fsp3) is 0.200. The number of carbonyl (C=O) groups excluding carboxylic acids is 2. The molecule has 2 N–H and O–H groups in total. The number of aromatic nitrogens is 2. The highest BCUT2D eigenvalue weighted by Gasteiger charge is 2.18. The van der Waals surface area contributed by atoms with E-state index in [1.165, 1.54) is 22.9 Å². The molecule has 150 valence electrons. The van der Waals surface area contributed by atoms with Gasteiger partial charge in [-0.3, -0.25) is 19.0 Å². The summed E-state index contributed by atoms with van der Waals surface area (Å²) in [6.07, 6.45) is 1.29. The van der Waals surface area contributed by atoms with Crippen molar-refractivity contribution in [2.24, 2.45) is 5.73 Å². The molecule has 3 aromatic rings. The molecule has 0 aliphatic rings. The Morgan fingerprint density at radius 2 is 1.93 bits per heavy atom. The summed E-state index contributed by atoms with van der Waals surface area (Å²) in [5.41, 5.74) is 5.90. The lowest BCUT2D eigenvalue weighted by atomic mass is 10.2. The van der Waals surface area contributed by atoms with Crippen LogP contribution >= 0.6 is 11.6 Å². The molecular weight excluding hydrogens is 396 g/mol. The second kappa shape index (κ2) is 8.74. The zero-order chi connectivity index (χ0) is 21.0. The quantitative estimate of drug-likeness (QED) is 0.636. The molecule has 0 saturated heterocycles. The summed E-state index contributed by atoms with van der Waals surface area (Å²) in [5.74, 6) is -0.281. The topological polar surface area (TPSA) is 108 Å². The number of methoxy groups -OCH3 is 1. The van der Waals surface area contributed by atoms with Gasteiger partial charge in [-0.25, -0.2) is 4.98 Å². The van der Waals surface area contributed by atoms with E-state index >= 15 is 0 Å². The monoisotopic (exact) mass is 414 g/mol. The second-order valence-corrected chi connectivity index (χ2v) is 6.74. The molecule has 1 heterocycles. The van der Waals surface area contributed by atoms with Crippen LogP contribution in [0.2, 0.25) is 5.02 Å². The number of hydrogen-bond acceptors (Lipinski definition) is 5. The number of anilines is 1. The first kappa shape index (κ1) is 20.3. The number of nitrogens with zero attached hydrogens (tertiary/aromatic N) is 3. The van der Waals surface area contributed by atoms with Gasteiger partial charge < -0.3 is 15.4 Å². The van der Waals surface area contributed by atoms with E-state index in [0.29, 0.717) is 27.4 Å². The van der Waals surface area contributed by atoms with Crippen molar-refractivity contribution >= 4 is 40.0 Å². The van der Waals surface area contributed by atoms with Crippen LogP contribution in [0.4, 0.5) is 5.69 Å². The molecule has 0 aliphatic carbocycles. The lowest BCUT2D eigenvalue weighted by Gasteiger charge is -2.23. The molecule has 29 heavy (non-hydrogen) atoms. The van der Waals surface area contributed by atoms with Crippen LogP contribution in [0.5, 0.6) is 5.75 Å². The van der Waals surface area contributed by atoms with Crippen LogP contribution in [0.15, 0.2) is 53.6 Å². The lowest BCUT2D eigenvalue weighted by molar-refractivity contribution is -0.119. The number of benzene rings is 2. The number of rotatable bonds is 7. The minimum atomic E-state index is -0.530. The fourth-order valence-electron chi connectivity index (χ4n) is 2.86. The van der Waals surface area contributed by atoms with Crippen LogP contribution < -0.4 is 20.9 Å². The van der Waals surface area contributed by atoms with Gasteiger partial charge in [-0.15, -0.1) is 0 Å². The average Bonchev–Trinajstić information content (AvgIpc) is 2.70. The van der Waals surface area contributed by atoms with E-state index in [0.717, 1.165) is 0 Å². The van der Waals surface area contributed by atoms with Gasteiger partial charge in [-0.1, -0.05) is 11.6 Å². The Labute approximate surface area is 171 Å². The van der Waals surface area contributed by atoms with Crippen LogP contribution in [-0.4, -0.2) is 35.0 Å².